The quantitative estimate of drug-likeness (QED) is 0.878. The third-order valence-corrected chi connectivity index (χ3v) is 4.10. The molecule has 1 aromatic carbocycles. The van der Waals surface area contributed by atoms with E-state index in [1.54, 1.807) is 0 Å². The normalized spacial score (nSPS) is 22.3. The van der Waals surface area contributed by atoms with E-state index in [1.807, 2.05) is 12.1 Å². The fourth-order valence-corrected chi connectivity index (χ4v) is 2.76. The number of carbonyl (C=O) groups is 1. The van der Waals surface area contributed by atoms with Gasteiger partial charge in [-0.25, -0.2) is 0 Å². The lowest BCUT2D eigenvalue weighted by Crippen LogP contribution is -2.25. The minimum atomic E-state index is -0.637. The lowest BCUT2D eigenvalue weighted by molar-refractivity contribution is -0.128. The van der Waals surface area contributed by atoms with Crippen LogP contribution in [0, 0.1) is 5.92 Å². The maximum atomic E-state index is 11.9. The summed E-state index contributed by atoms with van der Waals surface area (Å²) in [5.41, 5.74) is 2.23. The van der Waals surface area contributed by atoms with Crippen LogP contribution < -0.4 is 0 Å². The molecule has 1 N–H and O–H groups in total. The molecule has 2 rings (SSSR count). The zero-order valence-electron chi connectivity index (χ0n) is 12.1. The molecule has 1 fully saturated rings. The second-order valence-electron chi connectivity index (χ2n) is 6.64. The second-order valence-corrected chi connectivity index (χ2v) is 6.64. The Hall–Kier alpha value is -1.15. The van der Waals surface area contributed by atoms with Gasteiger partial charge >= 0.3 is 0 Å². The van der Waals surface area contributed by atoms with Crippen LogP contribution in [0.2, 0.25) is 0 Å². The van der Waals surface area contributed by atoms with Crippen LogP contribution in [0.1, 0.15) is 63.7 Å². The van der Waals surface area contributed by atoms with Crippen molar-refractivity contribution in [3.8, 4) is 0 Å². The third kappa shape index (κ3) is 3.24. The Labute approximate surface area is 115 Å². The average Bonchev–Trinajstić information content (AvgIpc) is 2.38. The van der Waals surface area contributed by atoms with Gasteiger partial charge in [0.1, 0.15) is 5.78 Å². The molecule has 2 nitrogen and oxygen atoms in total. The van der Waals surface area contributed by atoms with Crippen molar-refractivity contribution in [3.05, 3.63) is 35.4 Å². The molecule has 0 radical (unpaired) electrons. The van der Waals surface area contributed by atoms with E-state index in [-0.39, 0.29) is 17.1 Å². The number of hydrogen-bond acceptors (Lipinski definition) is 2. The van der Waals surface area contributed by atoms with E-state index in [0.717, 1.165) is 24.8 Å². The Balaban J connectivity index is 2.15. The summed E-state index contributed by atoms with van der Waals surface area (Å²) in [5.74, 6) is 0.0212. The SMILES string of the molecule is CC(C)(C)c1ccc([C@@H](O)[C@@H]2CCCCC2=O)cc1. The Morgan fingerprint density at radius 3 is 2.32 bits per heavy atom. The smallest absolute Gasteiger partial charge is 0.138 e. The lowest BCUT2D eigenvalue weighted by Gasteiger charge is -2.26. The van der Waals surface area contributed by atoms with Crippen LogP contribution >= 0.6 is 0 Å². The number of aliphatic hydroxyl groups is 1. The monoisotopic (exact) mass is 260 g/mol. The van der Waals surface area contributed by atoms with Gasteiger partial charge in [0.15, 0.2) is 0 Å². The van der Waals surface area contributed by atoms with Crippen molar-refractivity contribution >= 4 is 5.78 Å². The molecule has 0 spiro atoms. The molecule has 2 atom stereocenters. The molecule has 1 aliphatic rings. The molecule has 0 aliphatic heterocycles. The molecule has 104 valence electrons. The highest BCUT2D eigenvalue weighted by Crippen LogP contribution is 2.33. The van der Waals surface area contributed by atoms with Gasteiger partial charge in [0, 0.05) is 12.3 Å². The molecule has 0 heterocycles. The van der Waals surface area contributed by atoms with Gasteiger partial charge < -0.3 is 5.11 Å². The van der Waals surface area contributed by atoms with Crippen molar-refractivity contribution in [2.75, 3.05) is 0 Å². The summed E-state index contributed by atoms with van der Waals surface area (Å²) in [6.45, 7) is 6.51. The van der Waals surface area contributed by atoms with Gasteiger partial charge in [0.25, 0.3) is 0 Å². The van der Waals surface area contributed by atoms with E-state index < -0.39 is 6.10 Å². The number of hydrogen-bond donors (Lipinski definition) is 1. The van der Waals surface area contributed by atoms with Crippen molar-refractivity contribution in [2.45, 2.75) is 58.0 Å². The number of ketones is 1. The summed E-state index contributed by atoms with van der Waals surface area (Å²) in [5, 5.41) is 10.4. The summed E-state index contributed by atoms with van der Waals surface area (Å²) in [6.07, 6.45) is 2.84. The molecular formula is C17H24O2. The molecule has 19 heavy (non-hydrogen) atoms. The Morgan fingerprint density at radius 2 is 1.79 bits per heavy atom. The fraction of sp³-hybridized carbons (Fsp3) is 0.588. The second kappa shape index (κ2) is 5.46. The van der Waals surface area contributed by atoms with Crippen LogP contribution in [0.25, 0.3) is 0 Å². The molecule has 0 unspecified atom stereocenters. The van der Waals surface area contributed by atoms with Gasteiger partial charge in [0.2, 0.25) is 0 Å². The number of aliphatic hydroxyl groups excluding tert-OH is 1. The molecule has 2 heteroatoms. The van der Waals surface area contributed by atoms with Gasteiger partial charge in [-0.1, -0.05) is 51.5 Å². The predicted octanol–water partition coefficient (Wildman–Crippen LogP) is 3.78. The van der Waals surface area contributed by atoms with Gasteiger partial charge in [0.05, 0.1) is 6.10 Å². The zero-order chi connectivity index (χ0) is 14.0. The summed E-state index contributed by atoms with van der Waals surface area (Å²) in [4.78, 5) is 11.9. The lowest BCUT2D eigenvalue weighted by atomic mass is 9.80. The Kier molecular flexibility index (Phi) is 4.10. The number of carbonyl (C=O) groups excluding carboxylic acids is 1. The van der Waals surface area contributed by atoms with E-state index >= 15 is 0 Å². The van der Waals surface area contributed by atoms with E-state index in [0.29, 0.717) is 6.42 Å². The highest BCUT2D eigenvalue weighted by Gasteiger charge is 2.30. The first kappa shape index (κ1) is 14.3. The highest BCUT2D eigenvalue weighted by molar-refractivity contribution is 5.82. The Morgan fingerprint density at radius 1 is 1.16 bits per heavy atom. The summed E-state index contributed by atoms with van der Waals surface area (Å²) < 4.78 is 0. The van der Waals surface area contributed by atoms with E-state index in [9.17, 15) is 9.90 Å². The van der Waals surface area contributed by atoms with Crippen LogP contribution in [0.4, 0.5) is 0 Å². The molecular weight excluding hydrogens is 236 g/mol. The minimum Gasteiger partial charge on any atom is -0.388 e. The molecule has 0 aromatic heterocycles. The van der Waals surface area contributed by atoms with Crippen molar-refractivity contribution in [1.82, 2.24) is 0 Å². The standard InChI is InChI=1S/C17H24O2/c1-17(2,3)13-10-8-12(9-11-13)16(19)14-6-4-5-7-15(14)18/h8-11,14,16,19H,4-7H2,1-3H3/t14-,16-/m1/s1. The molecule has 0 bridgehead atoms. The molecule has 0 amide bonds. The zero-order valence-corrected chi connectivity index (χ0v) is 12.1. The van der Waals surface area contributed by atoms with Crippen LogP contribution in [0.5, 0.6) is 0 Å². The third-order valence-electron chi connectivity index (χ3n) is 4.10. The molecule has 1 saturated carbocycles. The van der Waals surface area contributed by atoms with Gasteiger partial charge in [-0.2, -0.15) is 0 Å². The van der Waals surface area contributed by atoms with Crippen LogP contribution in [-0.4, -0.2) is 10.9 Å². The van der Waals surface area contributed by atoms with Crippen molar-refractivity contribution in [1.29, 1.82) is 0 Å². The van der Waals surface area contributed by atoms with Crippen molar-refractivity contribution < 1.29 is 9.90 Å². The summed E-state index contributed by atoms with van der Waals surface area (Å²) in [7, 11) is 0. The minimum absolute atomic E-state index is 0.115. The maximum Gasteiger partial charge on any atom is 0.138 e. The molecule has 0 saturated heterocycles. The van der Waals surface area contributed by atoms with Crippen LogP contribution in [0.3, 0.4) is 0 Å². The summed E-state index contributed by atoms with van der Waals surface area (Å²) >= 11 is 0. The number of benzene rings is 1. The van der Waals surface area contributed by atoms with Crippen molar-refractivity contribution in [2.24, 2.45) is 5.92 Å². The maximum absolute atomic E-state index is 11.9. The van der Waals surface area contributed by atoms with Crippen molar-refractivity contribution in [3.63, 3.8) is 0 Å². The molecule has 1 aromatic rings. The van der Waals surface area contributed by atoms with E-state index in [1.165, 1.54) is 5.56 Å². The highest BCUT2D eigenvalue weighted by atomic mass is 16.3. The van der Waals surface area contributed by atoms with Crippen LogP contribution in [-0.2, 0) is 10.2 Å². The van der Waals surface area contributed by atoms with Gasteiger partial charge in [-0.05, 0) is 29.4 Å². The Bertz CT molecular complexity index is 439. The first-order valence-electron chi connectivity index (χ1n) is 7.21. The van der Waals surface area contributed by atoms with Gasteiger partial charge in [-0.15, -0.1) is 0 Å². The number of Topliss-reactive ketones (excluding diaryl/α,β-unsaturated/α-hetero) is 1. The predicted molar refractivity (Wildman–Crippen MR) is 77.1 cm³/mol. The first-order chi connectivity index (χ1) is 8.89. The largest absolute Gasteiger partial charge is 0.388 e. The van der Waals surface area contributed by atoms with Gasteiger partial charge in [-0.3, -0.25) is 4.79 Å². The topological polar surface area (TPSA) is 37.3 Å². The van der Waals surface area contributed by atoms with Crippen LogP contribution in [0.15, 0.2) is 24.3 Å². The fourth-order valence-electron chi connectivity index (χ4n) is 2.76. The first-order valence-corrected chi connectivity index (χ1v) is 7.21. The molecule has 1 aliphatic carbocycles. The average molecular weight is 260 g/mol. The summed E-state index contributed by atoms with van der Waals surface area (Å²) in [6, 6.07) is 8.05. The number of rotatable bonds is 2. The van der Waals surface area contributed by atoms with E-state index in [2.05, 4.69) is 32.9 Å². The van der Waals surface area contributed by atoms with E-state index in [4.69, 9.17) is 0 Å².